The zero-order valence-corrected chi connectivity index (χ0v) is 10.0. The summed E-state index contributed by atoms with van der Waals surface area (Å²) < 4.78 is 4.99. The molecular weight excluding hydrogens is 176 g/mol. The SMILES string of the molecule is COCCCCCNCCCN(C)C. The number of ether oxygens (including phenoxy) is 1. The molecule has 14 heavy (non-hydrogen) atoms. The molecule has 86 valence electrons. The summed E-state index contributed by atoms with van der Waals surface area (Å²) >= 11 is 0. The van der Waals surface area contributed by atoms with E-state index in [1.807, 2.05) is 0 Å². The first kappa shape index (κ1) is 13.9. The van der Waals surface area contributed by atoms with Crippen LogP contribution in [-0.4, -0.2) is 52.3 Å². The average Bonchev–Trinajstić information content (AvgIpc) is 2.15. The molecule has 3 nitrogen and oxygen atoms in total. The molecule has 0 unspecified atom stereocenters. The van der Waals surface area contributed by atoms with E-state index in [-0.39, 0.29) is 0 Å². The molecule has 0 atom stereocenters. The first-order valence-electron chi connectivity index (χ1n) is 5.61. The van der Waals surface area contributed by atoms with Gasteiger partial charge in [0, 0.05) is 13.7 Å². The first-order chi connectivity index (χ1) is 6.77. The van der Waals surface area contributed by atoms with Crippen LogP contribution in [0.1, 0.15) is 25.7 Å². The minimum Gasteiger partial charge on any atom is -0.385 e. The second kappa shape index (κ2) is 11.0. The zero-order chi connectivity index (χ0) is 10.6. The first-order valence-corrected chi connectivity index (χ1v) is 5.61. The Morgan fingerprint density at radius 3 is 2.36 bits per heavy atom. The Morgan fingerprint density at radius 2 is 1.71 bits per heavy atom. The molecule has 0 amide bonds. The maximum atomic E-state index is 4.99. The summed E-state index contributed by atoms with van der Waals surface area (Å²) in [5.41, 5.74) is 0. The third-order valence-electron chi connectivity index (χ3n) is 2.16. The molecule has 0 aliphatic carbocycles. The van der Waals surface area contributed by atoms with Crippen molar-refractivity contribution in [1.82, 2.24) is 10.2 Å². The summed E-state index contributed by atoms with van der Waals surface area (Å²) in [6.45, 7) is 4.37. The number of rotatable bonds is 10. The topological polar surface area (TPSA) is 24.5 Å². The Morgan fingerprint density at radius 1 is 1.00 bits per heavy atom. The van der Waals surface area contributed by atoms with Crippen molar-refractivity contribution in [3.63, 3.8) is 0 Å². The molecule has 0 heterocycles. The molecule has 0 bridgehead atoms. The van der Waals surface area contributed by atoms with Gasteiger partial charge in [-0.25, -0.2) is 0 Å². The Labute approximate surface area is 88.8 Å². The van der Waals surface area contributed by atoms with Gasteiger partial charge in [-0.3, -0.25) is 0 Å². The molecule has 0 aliphatic heterocycles. The summed E-state index contributed by atoms with van der Waals surface area (Å²) in [5, 5.41) is 3.45. The highest BCUT2D eigenvalue weighted by Gasteiger charge is 1.91. The van der Waals surface area contributed by atoms with Crippen molar-refractivity contribution in [3.05, 3.63) is 0 Å². The van der Waals surface area contributed by atoms with Gasteiger partial charge in [0.05, 0.1) is 0 Å². The lowest BCUT2D eigenvalue weighted by Crippen LogP contribution is -2.22. The molecular formula is C11H26N2O. The van der Waals surface area contributed by atoms with E-state index in [0.29, 0.717) is 0 Å². The Kier molecular flexibility index (Phi) is 10.9. The van der Waals surface area contributed by atoms with E-state index in [0.717, 1.165) is 19.7 Å². The van der Waals surface area contributed by atoms with Gasteiger partial charge in [-0.2, -0.15) is 0 Å². The Bertz CT molecular complexity index is 107. The molecule has 0 saturated carbocycles. The number of methoxy groups -OCH3 is 1. The summed E-state index contributed by atoms with van der Waals surface area (Å²) in [6.07, 6.45) is 4.97. The van der Waals surface area contributed by atoms with Gasteiger partial charge < -0.3 is 15.0 Å². The lowest BCUT2D eigenvalue weighted by molar-refractivity contribution is 0.192. The molecule has 0 spiro atoms. The third-order valence-corrected chi connectivity index (χ3v) is 2.16. The number of hydrogen-bond acceptors (Lipinski definition) is 3. The van der Waals surface area contributed by atoms with Crippen molar-refractivity contribution in [3.8, 4) is 0 Å². The second-order valence-corrected chi connectivity index (χ2v) is 3.96. The smallest absolute Gasteiger partial charge is 0.0462 e. The largest absolute Gasteiger partial charge is 0.385 e. The number of unbranched alkanes of at least 4 members (excludes halogenated alkanes) is 2. The lowest BCUT2D eigenvalue weighted by Gasteiger charge is -2.09. The van der Waals surface area contributed by atoms with Gasteiger partial charge in [0.1, 0.15) is 0 Å². The van der Waals surface area contributed by atoms with Gasteiger partial charge in [-0.1, -0.05) is 0 Å². The number of nitrogens with zero attached hydrogens (tertiary/aromatic N) is 1. The van der Waals surface area contributed by atoms with Crippen LogP contribution in [0.5, 0.6) is 0 Å². The van der Waals surface area contributed by atoms with E-state index in [9.17, 15) is 0 Å². The minimum absolute atomic E-state index is 0.903. The van der Waals surface area contributed by atoms with Crippen molar-refractivity contribution in [2.24, 2.45) is 0 Å². The fourth-order valence-electron chi connectivity index (χ4n) is 1.32. The van der Waals surface area contributed by atoms with Crippen LogP contribution in [0.25, 0.3) is 0 Å². The van der Waals surface area contributed by atoms with Crippen LogP contribution < -0.4 is 5.32 Å². The molecule has 0 fully saturated rings. The maximum Gasteiger partial charge on any atom is 0.0462 e. The maximum absolute atomic E-state index is 4.99. The van der Waals surface area contributed by atoms with Crippen molar-refractivity contribution in [2.75, 3.05) is 47.4 Å². The highest BCUT2D eigenvalue weighted by Crippen LogP contribution is 1.93. The van der Waals surface area contributed by atoms with Gasteiger partial charge in [0.15, 0.2) is 0 Å². The molecule has 3 heteroatoms. The molecule has 0 saturated heterocycles. The van der Waals surface area contributed by atoms with Crippen molar-refractivity contribution >= 4 is 0 Å². The van der Waals surface area contributed by atoms with Crippen LogP contribution in [0.3, 0.4) is 0 Å². The zero-order valence-electron chi connectivity index (χ0n) is 10.0. The predicted octanol–water partition coefficient (Wildman–Crippen LogP) is 1.34. The third kappa shape index (κ3) is 11.9. The van der Waals surface area contributed by atoms with E-state index in [4.69, 9.17) is 4.74 Å². The van der Waals surface area contributed by atoms with E-state index >= 15 is 0 Å². The van der Waals surface area contributed by atoms with Crippen LogP contribution in [0.2, 0.25) is 0 Å². The van der Waals surface area contributed by atoms with Crippen LogP contribution >= 0.6 is 0 Å². The number of nitrogens with one attached hydrogen (secondary N) is 1. The monoisotopic (exact) mass is 202 g/mol. The summed E-state index contributed by atoms with van der Waals surface area (Å²) in [5.74, 6) is 0. The fraction of sp³-hybridized carbons (Fsp3) is 1.00. The van der Waals surface area contributed by atoms with E-state index < -0.39 is 0 Å². The van der Waals surface area contributed by atoms with Gasteiger partial charge in [-0.05, 0) is 59.4 Å². The molecule has 0 aliphatic rings. The van der Waals surface area contributed by atoms with E-state index in [1.54, 1.807) is 7.11 Å². The van der Waals surface area contributed by atoms with Gasteiger partial charge >= 0.3 is 0 Å². The van der Waals surface area contributed by atoms with Crippen LogP contribution in [0.4, 0.5) is 0 Å². The minimum atomic E-state index is 0.903. The normalized spacial score (nSPS) is 11.1. The molecule has 0 aromatic heterocycles. The lowest BCUT2D eigenvalue weighted by atomic mass is 10.2. The molecule has 0 rings (SSSR count). The quantitative estimate of drug-likeness (QED) is 0.541. The van der Waals surface area contributed by atoms with E-state index in [2.05, 4.69) is 24.3 Å². The summed E-state index contributed by atoms with van der Waals surface area (Å²) in [6, 6.07) is 0. The predicted molar refractivity (Wildman–Crippen MR) is 61.8 cm³/mol. The standard InChI is InChI=1S/C11H26N2O/c1-13(2)10-7-9-12-8-5-4-6-11-14-3/h12H,4-11H2,1-3H3. The van der Waals surface area contributed by atoms with Gasteiger partial charge in [0.2, 0.25) is 0 Å². The Hall–Kier alpha value is -0.120. The molecule has 1 N–H and O–H groups in total. The van der Waals surface area contributed by atoms with Gasteiger partial charge in [0.25, 0.3) is 0 Å². The fourth-order valence-corrected chi connectivity index (χ4v) is 1.32. The van der Waals surface area contributed by atoms with Crippen LogP contribution in [0, 0.1) is 0 Å². The second-order valence-electron chi connectivity index (χ2n) is 3.96. The highest BCUT2D eigenvalue weighted by atomic mass is 16.5. The molecule has 0 aromatic rings. The van der Waals surface area contributed by atoms with Gasteiger partial charge in [-0.15, -0.1) is 0 Å². The van der Waals surface area contributed by atoms with Crippen molar-refractivity contribution < 1.29 is 4.74 Å². The summed E-state index contributed by atoms with van der Waals surface area (Å²) in [4.78, 5) is 2.22. The highest BCUT2D eigenvalue weighted by molar-refractivity contribution is 4.51. The van der Waals surface area contributed by atoms with Crippen LogP contribution in [-0.2, 0) is 4.74 Å². The van der Waals surface area contributed by atoms with Crippen LogP contribution in [0.15, 0.2) is 0 Å². The van der Waals surface area contributed by atoms with Crippen molar-refractivity contribution in [2.45, 2.75) is 25.7 Å². The van der Waals surface area contributed by atoms with Crippen molar-refractivity contribution in [1.29, 1.82) is 0 Å². The molecule has 0 aromatic carbocycles. The summed E-state index contributed by atoms with van der Waals surface area (Å²) in [7, 11) is 6.00. The van der Waals surface area contributed by atoms with E-state index in [1.165, 1.54) is 32.2 Å². The molecule has 0 radical (unpaired) electrons. The number of hydrogen-bond donors (Lipinski definition) is 1. The Balaban J connectivity index is 2.85. The average molecular weight is 202 g/mol.